The molecule has 0 saturated heterocycles. The van der Waals surface area contributed by atoms with E-state index >= 15 is 0 Å². The van der Waals surface area contributed by atoms with Gasteiger partial charge in [-0.1, -0.05) is 31.2 Å². The molecule has 0 spiro atoms. The lowest BCUT2D eigenvalue weighted by Gasteiger charge is -2.24. The van der Waals surface area contributed by atoms with Crippen LogP contribution in [0.4, 0.5) is 0 Å². The molecule has 3 rings (SSSR count). The minimum absolute atomic E-state index is 0.139. The van der Waals surface area contributed by atoms with Crippen LogP contribution in [0.5, 0.6) is 0 Å². The Labute approximate surface area is 94.9 Å². The van der Waals surface area contributed by atoms with Crippen molar-refractivity contribution in [1.29, 1.82) is 0 Å². The van der Waals surface area contributed by atoms with Gasteiger partial charge in [0.15, 0.2) is 0 Å². The predicted molar refractivity (Wildman–Crippen MR) is 62.2 cm³/mol. The molecule has 0 bridgehead atoms. The molecule has 1 N–H and O–H groups in total. The van der Waals surface area contributed by atoms with Crippen molar-refractivity contribution < 1.29 is 0 Å². The minimum atomic E-state index is 0.139. The molecule has 16 heavy (non-hydrogen) atoms. The summed E-state index contributed by atoms with van der Waals surface area (Å²) in [6.07, 6.45) is 4.86. The summed E-state index contributed by atoms with van der Waals surface area (Å²) in [5, 5.41) is 7.03. The first kappa shape index (κ1) is 9.58. The first-order chi connectivity index (χ1) is 7.84. The van der Waals surface area contributed by atoms with Gasteiger partial charge in [-0.2, -0.15) is 5.10 Å². The highest BCUT2D eigenvalue weighted by atomic mass is 15.2. The fourth-order valence-electron chi connectivity index (χ4n) is 2.74. The molecule has 0 saturated carbocycles. The zero-order valence-corrected chi connectivity index (χ0v) is 9.40. The van der Waals surface area contributed by atoms with Crippen LogP contribution in [-0.4, -0.2) is 15.2 Å². The number of aromatic nitrogens is 3. The highest BCUT2D eigenvalue weighted by Crippen LogP contribution is 2.40. The lowest BCUT2D eigenvalue weighted by Crippen LogP contribution is -2.27. The van der Waals surface area contributed by atoms with Gasteiger partial charge in [0.05, 0.1) is 0 Å². The van der Waals surface area contributed by atoms with Gasteiger partial charge in [0.2, 0.25) is 0 Å². The van der Waals surface area contributed by atoms with Gasteiger partial charge < -0.3 is 0 Å². The Morgan fingerprint density at radius 1 is 1.25 bits per heavy atom. The molecule has 1 aromatic carbocycles. The summed E-state index contributed by atoms with van der Waals surface area (Å²) >= 11 is 0. The van der Waals surface area contributed by atoms with Gasteiger partial charge in [-0.3, -0.25) is 5.10 Å². The monoisotopic (exact) mass is 213 g/mol. The maximum absolute atomic E-state index is 4.36. The number of hydrogen-bond donors (Lipinski definition) is 1. The highest BCUT2D eigenvalue weighted by molar-refractivity contribution is 5.38. The lowest BCUT2D eigenvalue weighted by molar-refractivity contribution is 0.409. The maximum Gasteiger partial charge on any atom is 0.137 e. The number of aromatic amines is 1. The summed E-state index contributed by atoms with van der Waals surface area (Å²) in [4.78, 5) is 4.36. The van der Waals surface area contributed by atoms with Crippen LogP contribution < -0.4 is 0 Å². The van der Waals surface area contributed by atoms with Crippen molar-refractivity contribution in [3.8, 4) is 0 Å². The Kier molecular flexibility index (Phi) is 2.06. The Morgan fingerprint density at radius 3 is 2.44 bits per heavy atom. The van der Waals surface area contributed by atoms with Crippen molar-refractivity contribution in [2.45, 2.75) is 31.6 Å². The van der Waals surface area contributed by atoms with Crippen LogP contribution in [0.25, 0.3) is 0 Å². The number of nitrogens with zero attached hydrogens (tertiary/aromatic N) is 2. The summed E-state index contributed by atoms with van der Waals surface area (Å²) < 4.78 is 0. The van der Waals surface area contributed by atoms with E-state index in [0.717, 1.165) is 25.1 Å². The third kappa shape index (κ3) is 1.28. The van der Waals surface area contributed by atoms with Crippen molar-refractivity contribution in [2.75, 3.05) is 0 Å². The molecule has 3 heteroatoms. The second kappa shape index (κ2) is 3.44. The fraction of sp³-hybridized carbons (Fsp3) is 0.385. The van der Waals surface area contributed by atoms with Crippen LogP contribution in [0.3, 0.4) is 0 Å². The zero-order valence-electron chi connectivity index (χ0n) is 9.40. The van der Waals surface area contributed by atoms with Gasteiger partial charge in [-0.25, -0.2) is 4.98 Å². The van der Waals surface area contributed by atoms with Crippen molar-refractivity contribution in [3.05, 3.63) is 47.5 Å². The highest BCUT2D eigenvalue weighted by Gasteiger charge is 2.39. The van der Waals surface area contributed by atoms with Crippen molar-refractivity contribution in [3.63, 3.8) is 0 Å². The summed E-state index contributed by atoms with van der Waals surface area (Å²) in [6, 6.07) is 8.68. The smallest absolute Gasteiger partial charge is 0.137 e. The molecule has 1 aliphatic carbocycles. The van der Waals surface area contributed by atoms with Crippen molar-refractivity contribution in [2.24, 2.45) is 0 Å². The second-order valence-corrected chi connectivity index (χ2v) is 4.59. The fourth-order valence-corrected chi connectivity index (χ4v) is 2.74. The number of H-pyrrole nitrogens is 1. The van der Waals surface area contributed by atoms with E-state index in [2.05, 4.69) is 46.4 Å². The van der Waals surface area contributed by atoms with E-state index in [1.54, 1.807) is 6.33 Å². The van der Waals surface area contributed by atoms with Gasteiger partial charge >= 0.3 is 0 Å². The SMILES string of the molecule is CCC1(c2ncn[nH]2)Cc2ccccc2C1. The number of rotatable bonds is 2. The molecule has 2 aromatic rings. The Hall–Kier alpha value is -1.64. The van der Waals surface area contributed by atoms with Crippen LogP contribution in [0.2, 0.25) is 0 Å². The number of benzene rings is 1. The van der Waals surface area contributed by atoms with Crippen LogP contribution >= 0.6 is 0 Å². The molecule has 0 atom stereocenters. The van der Waals surface area contributed by atoms with Gasteiger partial charge in [-0.15, -0.1) is 0 Å². The summed E-state index contributed by atoms with van der Waals surface area (Å²) in [5.41, 5.74) is 3.06. The molecular weight excluding hydrogens is 198 g/mol. The predicted octanol–water partition coefficient (Wildman–Crippen LogP) is 2.25. The van der Waals surface area contributed by atoms with Crippen LogP contribution in [0, 0.1) is 0 Å². The van der Waals surface area contributed by atoms with Crippen LogP contribution in [-0.2, 0) is 18.3 Å². The zero-order chi connectivity index (χ0) is 11.0. The standard InChI is InChI=1S/C13H15N3/c1-2-13(12-14-9-15-16-12)7-10-5-3-4-6-11(10)8-13/h3-6,9H,2,7-8H2,1H3,(H,14,15,16). The molecule has 1 heterocycles. The molecule has 0 radical (unpaired) electrons. The van der Waals surface area contributed by atoms with Crippen molar-refractivity contribution >= 4 is 0 Å². The molecular formula is C13H15N3. The number of hydrogen-bond acceptors (Lipinski definition) is 2. The van der Waals surface area contributed by atoms with E-state index in [1.807, 2.05) is 0 Å². The average Bonchev–Trinajstić information content (AvgIpc) is 2.96. The van der Waals surface area contributed by atoms with Crippen LogP contribution in [0.1, 0.15) is 30.3 Å². The first-order valence-electron chi connectivity index (χ1n) is 5.77. The van der Waals surface area contributed by atoms with Crippen LogP contribution in [0.15, 0.2) is 30.6 Å². The second-order valence-electron chi connectivity index (χ2n) is 4.59. The van der Waals surface area contributed by atoms with Gasteiger partial charge in [0.1, 0.15) is 12.2 Å². The van der Waals surface area contributed by atoms with E-state index in [9.17, 15) is 0 Å². The minimum Gasteiger partial charge on any atom is -0.263 e. The Balaban J connectivity index is 2.03. The molecule has 1 aliphatic rings. The summed E-state index contributed by atoms with van der Waals surface area (Å²) in [5.74, 6) is 1.03. The normalized spacial score (nSPS) is 17.3. The summed E-state index contributed by atoms with van der Waals surface area (Å²) in [6.45, 7) is 2.23. The Bertz CT molecular complexity index is 463. The van der Waals surface area contributed by atoms with E-state index in [4.69, 9.17) is 0 Å². The van der Waals surface area contributed by atoms with E-state index in [1.165, 1.54) is 11.1 Å². The lowest BCUT2D eigenvalue weighted by atomic mass is 9.81. The van der Waals surface area contributed by atoms with E-state index in [0.29, 0.717) is 0 Å². The maximum atomic E-state index is 4.36. The summed E-state index contributed by atoms with van der Waals surface area (Å²) in [7, 11) is 0. The molecule has 0 amide bonds. The van der Waals surface area contributed by atoms with E-state index < -0.39 is 0 Å². The molecule has 0 fully saturated rings. The molecule has 3 nitrogen and oxygen atoms in total. The topological polar surface area (TPSA) is 41.6 Å². The number of nitrogens with one attached hydrogen (secondary N) is 1. The van der Waals surface area contributed by atoms with Gasteiger partial charge in [-0.05, 0) is 30.4 Å². The Morgan fingerprint density at radius 2 is 1.94 bits per heavy atom. The van der Waals surface area contributed by atoms with E-state index in [-0.39, 0.29) is 5.41 Å². The molecule has 0 aliphatic heterocycles. The molecule has 0 unspecified atom stereocenters. The first-order valence-corrected chi connectivity index (χ1v) is 5.77. The van der Waals surface area contributed by atoms with Gasteiger partial charge in [0, 0.05) is 5.41 Å². The largest absolute Gasteiger partial charge is 0.263 e. The average molecular weight is 213 g/mol. The molecule has 82 valence electrons. The number of fused-ring (bicyclic) bond motifs is 1. The van der Waals surface area contributed by atoms with Crippen molar-refractivity contribution in [1.82, 2.24) is 15.2 Å². The third-order valence-corrected chi connectivity index (χ3v) is 3.77. The quantitative estimate of drug-likeness (QED) is 0.831. The van der Waals surface area contributed by atoms with Gasteiger partial charge in [0.25, 0.3) is 0 Å². The molecule has 1 aromatic heterocycles. The third-order valence-electron chi connectivity index (χ3n) is 3.77.